The summed E-state index contributed by atoms with van der Waals surface area (Å²) in [5, 5.41) is 2.84. The molecule has 1 aliphatic rings. The number of pyridine rings is 1. The number of piperazine rings is 1. The molecule has 2 heterocycles. The molecule has 0 unspecified atom stereocenters. The molecule has 0 spiro atoms. The van der Waals surface area contributed by atoms with Crippen molar-refractivity contribution >= 4 is 27.4 Å². The molecule has 1 saturated heterocycles. The van der Waals surface area contributed by atoms with Crippen LogP contribution in [0, 0.1) is 11.6 Å². The fourth-order valence-electron chi connectivity index (χ4n) is 3.46. The highest BCUT2D eigenvalue weighted by Crippen LogP contribution is 2.24. The molecule has 10 heteroatoms. The number of rotatable bonds is 5. The molecule has 0 bridgehead atoms. The molecule has 1 aliphatic heterocycles. The molecule has 3 aromatic rings. The average molecular weight is 458 g/mol. The Bertz CT molecular complexity index is 1250. The summed E-state index contributed by atoms with van der Waals surface area (Å²) in [4.78, 5) is 18.4. The quantitative estimate of drug-likeness (QED) is 0.635. The van der Waals surface area contributed by atoms with Crippen LogP contribution in [0.5, 0.6) is 0 Å². The molecule has 1 aromatic heterocycles. The minimum Gasteiger partial charge on any atom is -0.337 e. The molecule has 1 N–H and O–H groups in total. The third-order valence-electron chi connectivity index (χ3n) is 5.15. The molecule has 0 aliphatic carbocycles. The Labute approximate surface area is 184 Å². The maximum atomic E-state index is 14.0. The zero-order chi connectivity index (χ0) is 22.7. The fourth-order valence-corrected chi connectivity index (χ4v) is 4.95. The number of amides is 1. The first-order chi connectivity index (χ1) is 15.4. The summed E-state index contributed by atoms with van der Waals surface area (Å²) in [6.07, 6.45) is 1.48. The van der Waals surface area contributed by atoms with E-state index in [2.05, 4.69) is 10.3 Å². The first kappa shape index (κ1) is 21.8. The summed E-state index contributed by atoms with van der Waals surface area (Å²) in [6.45, 7) is 0.304. The second-order valence-electron chi connectivity index (χ2n) is 7.13. The Morgan fingerprint density at radius 1 is 0.875 bits per heavy atom. The van der Waals surface area contributed by atoms with Gasteiger partial charge in [0.2, 0.25) is 10.0 Å². The van der Waals surface area contributed by atoms with Crippen molar-refractivity contribution in [2.75, 3.05) is 31.5 Å². The smallest absolute Gasteiger partial charge is 0.257 e. The van der Waals surface area contributed by atoms with Crippen LogP contribution in [0.4, 0.5) is 20.3 Å². The van der Waals surface area contributed by atoms with Gasteiger partial charge >= 0.3 is 0 Å². The topological polar surface area (TPSA) is 82.6 Å². The highest BCUT2D eigenvalue weighted by Gasteiger charge is 2.32. The molecule has 166 valence electrons. The molecule has 7 nitrogen and oxygen atoms in total. The van der Waals surface area contributed by atoms with Crippen molar-refractivity contribution < 1.29 is 22.0 Å². The van der Waals surface area contributed by atoms with Crippen LogP contribution in [-0.4, -0.2) is 54.7 Å². The maximum absolute atomic E-state index is 14.0. The van der Waals surface area contributed by atoms with Gasteiger partial charge < -0.3 is 10.2 Å². The van der Waals surface area contributed by atoms with Gasteiger partial charge in [0, 0.05) is 32.4 Å². The number of para-hydroxylation sites is 1. The molecular formula is C22H20F2N4O3S. The van der Waals surface area contributed by atoms with Gasteiger partial charge in [-0.2, -0.15) is 4.31 Å². The van der Waals surface area contributed by atoms with Gasteiger partial charge in [0.25, 0.3) is 5.91 Å². The monoisotopic (exact) mass is 458 g/mol. The van der Waals surface area contributed by atoms with Gasteiger partial charge in [-0.05, 0) is 36.4 Å². The minimum atomic E-state index is -4.01. The first-order valence-electron chi connectivity index (χ1n) is 9.88. The lowest BCUT2D eigenvalue weighted by atomic mass is 10.2. The maximum Gasteiger partial charge on any atom is 0.257 e. The Balaban J connectivity index is 1.49. The number of benzene rings is 2. The largest absolute Gasteiger partial charge is 0.337 e. The lowest BCUT2D eigenvalue weighted by Gasteiger charge is -2.34. The van der Waals surface area contributed by atoms with E-state index in [0.29, 0.717) is 0 Å². The van der Waals surface area contributed by atoms with Crippen LogP contribution in [-0.2, 0) is 10.0 Å². The van der Waals surface area contributed by atoms with Crippen LogP contribution in [0.3, 0.4) is 0 Å². The Hall–Kier alpha value is -3.37. The lowest BCUT2D eigenvalue weighted by molar-refractivity contribution is 0.0698. The SMILES string of the molecule is O=C(c1cccnc1Nc1ccccc1F)N1CCN(S(=O)(=O)c2ccccc2F)CC1. The molecule has 0 saturated carbocycles. The third-order valence-corrected chi connectivity index (χ3v) is 7.08. The van der Waals surface area contributed by atoms with Gasteiger partial charge in [0.05, 0.1) is 11.3 Å². The number of aromatic nitrogens is 1. The number of carbonyl (C=O) groups is 1. The van der Waals surface area contributed by atoms with Crippen molar-refractivity contribution in [1.29, 1.82) is 0 Å². The van der Waals surface area contributed by atoms with Crippen LogP contribution < -0.4 is 5.32 Å². The van der Waals surface area contributed by atoms with E-state index in [4.69, 9.17) is 0 Å². The number of sulfonamides is 1. The van der Waals surface area contributed by atoms with Gasteiger partial charge in [-0.25, -0.2) is 22.2 Å². The van der Waals surface area contributed by atoms with Crippen molar-refractivity contribution in [3.63, 3.8) is 0 Å². The summed E-state index contributed by atoms with van der Waals surface area (Å²) in [7, 11) is -4.01. The molecule has 1 fully saturated rings. The Kier molecular flexibility index (Phi) is 6.15. The van der Waals surface area contributed by atoms with Crippen LogP contribution in [0.15, 0.2) is 71.8 Å². The van der Waals surface area contributed by atoms with Gasteiger partial charge in [0.1, 0.15) is 22.3 Å². The van der Waals surface area contributed by atoms with E-state index < -0.39 is 21.7 Å². The summed E-state index contributed by atoms with van der Waals surface area (Å²) in [5.41, 5.74) is 0.419. The van der Waals surface area contributed by atoms with E-state index >= 15 is 0 Å². The van der Waals surface area contributed by atoms with E-state index in [-0.39, 0.29) is 54.1 Å². The summed E-state index contributed by atoms with van der Waals surface area (Å²) in [5.74, 6) is -1.46. The van der Waals surface area contributed by atoms with Crippen molar-refractivity contribution in [2.24, 2.45) is 0 Å². The predicted octanol–water partition coefficient (Wildman–Crippen LogP) is 3.25. The predicted molar refractivity (Wildman–Crippen MR) is 115 cm³/mol. The average Bonchev–Trinajstić information content (AvgIpc) is 2.81. The highest BCUT2D eigenvalue weighted by molar-refractivity contribution is 7.89. The van der Waals surface area contributed by atoms with Gasteiger partial charge in [-0.1, -0.05) is 24.3 Å². The number of halogens is 2. The van der Waals surface area contributed by atoms with Crippen molar-refractivity contribution in [2.45, 2.75) is 4.90 Å². The van der Waals surface area contributed by atoms with E-state index in [9.17, 15) is 22.0 Å². The summed E-state index contributed by atoms with van der Waals surface area (Å²) < 4.78 is 54.7. The summed E-state index contributed by atoms with van der Waals surface area (Å²) in [6, 6.07) is 14.4. The van der Waals surface area contributed by atoms with E-state index in [1.165, 1.54) is 41.4 Å². The number of nitrogens with zero attached hydrogens (tertiary/aromatic N) is 3. The zero-order valence-electron chi connectivity index (χ0n) is 16.9. The van der Waals surface area contributed by atoms with Crippen molar-refractivity contribution in [3.8, 4) is 0 Å². The highest BCUT2D eigenvalue weighted by atomic mass is 32.2. The van der Waals surface area contributed by atoms with Crippen LogP contribution >= 0.6 is 0 Å². The molecule has 2 aromatic carbocycles. The van der Waals surface area contributed by atoms with E-state index in [0.717, 1.165) is 10.4 Å². The Morgan fingerprint density at radius 2 is 1.53 bits per heavy atom. The van der Waals surface area contributed by atoms with Crippen LogP contribution in [0.25, 0.3) is 0 Å². The minimum absolute atomic E-state index is 0.0265. The van der Waals surface area contributed by atoms with E-state index in [1.54, 1.807) is 24.3 Å². The summed E-state index contributed by atoms with van der Waals surface area (Å²) >= 11 is 0. The second-order valence-corrected chi connectivity index (χ2v) is 9.04. The number of anilines is 2. The molecule has 0 atom stereocenters. The number of hydrogen-bond donors (Lipinski definition) is 1. The number of hydrogen-bond acceptors (Lipinski definition) is 5. The molecular weight excluding hydrogens is 438 g/mol. The molecule has 32 heavy (non-hydrogen) atoms. The first-order valence-corrected chi connectivity index (χ1v) is 11.3. The van der Waals surface area contributed by atoms with Crippen molar-refractivity contribution in [1.82, 2.24) is 14.2 Å². The number of carbonyl (C=O) groups excluding carboxylic acids is 1. The second kappa shape index (κ2) is 9.01. The van der Waals surface area contributed by atoms with Gasteiger partial charge in [-0.3, -0.25) is 4.79 Å². The molecule has 1 amide bonds. The van der Waals surface area contributed by atoms with Gasteiger partial charge in [0.15, 0.2) is 0 Å². The van der Waals surface area contributed by atoms with Gasteiger partial charge in [-0.15, -0.1) is 0 Å². The normalized spacial score (nSPS) is 14.9. The molecule has 0 radical (unpaired) electrons. The third kappa shape index (κ3) is 4.32. The van der Waals surface area contributed by atoms with E-state index in [1.807, 2.05) is 0 Å². The lowest BCUT2D eigenvalue weighted by Crippen LogP contribution is -2.50. The van der Waals surface area contributed by atoms with Crippen LogP contribution in [0.2, 0.25) is 0 Å². The molecule has 4 rings (SSSR count). The van der Waals surface area contributed by atoms with Crippen LogP contribution in [0.1, 0.15) is 10.4 Å². The number of nitrogens with one attached hydrogen (secondary N) is 1. The fraction of sp³-hybridized carbons (Fsp3) is 0.182. The zero-order valence-corrected chi connectivity index (χ0v) is 17.7. The Morgan fingerprint density at radius 3 is 2.22 bits per heavy atom. The van der Waals surface area contributed by atoms with Crippen molar-refractivity contribution in [3.05, 3.63) is 84.1 Å². The standard InChI is InChI=1S/C22H20F2N4O3S/c23-17-7-1-3-9-19(17)26-21-16(6-5-11-25-21)22(29)27-12-14-28(15-13-27)32(30,31)20-10-4-2-8-18(20)24/h1-11H,12-15H2,(H,25,26).